The summed E-state index contributed by atoms with van der Waals surface area (Å²) in [5.41, 5.74) is 0.942. The minimum Gasteiger partial charge on any atom is -0.270 e. The van der Waals surface area contributed by atoms with Gasteiger partial charge in [-0.25, -0.2) is 4.99 Å². The van der Waals surface area contributed by atoms with Crippen molar-refractivity contribution < 1.29 is 0 Å². The van der Waals surface area contributed by atoms with Crippen LogP contribution >= 0.6 is 0 Å². The van der Waals surface area contributed by atoms with E-state index in [1.54, 1.807) is 19.4 Å². The van der Waals surface area contributed by atoms with Crippen molar-refractivity contribution in [2.24, 2.45) is 9.98 Å². The highest BCUT2D eigenvalue weighted by atomic mass is 14.9. The normalized spacial score (nSPS) is 11.2. The predicted molar refractivity (Wildman–Crippen MR) is 46.2 cm³/mol. The van der Waals surface area contributed by atoms with E-state index >= 15 is 0 Å². The Balaban J connectivity index is 3.01. The first kappa shape index (κ1) is 7.60. The molecule has 1 aromatic heterocycles. The lowest BCUT2D eigenvalue weighted by atomic mass is 10.2. The third-order valence-corrected chi connectivity index (χ3v) is 1.30. The number of hydrogen-bond acceptors (Lipinski definition) is 2. The van der Waals surface area contributed by atoms with Crippen LogP contribution in [0.2, 0.25) is 0 Å². The van der Waals surface area contributed by atoms with Crippen LogP contribution in [0.15, 0.2) is 34.5 Å². The van der Waals surface area contributed by atoms with Gasteiger partial charge >= 0.3 is 0 Å². The van der Waals surface area contributed by atoms with E-state index in [0.29, 0.717) is 5.84 Å². The van der Waals surface area contributed by atoms with Crippen molar-refractivity contribution in [2.75, 3.05) is 7.05 Å². The molecule has 0 aromatic carbocycles. The summed E-state index contributed by atoms with van der Waals surface area (Å²) in [4.78, 5) is 11.6. The highest BCUT2D eigenvalue weighted by Crippen LogP contribution is 1.98. The molecule has 11 heavy (non-hydrogen) atoms. The molecule has 0 aliphatic rings. The average molecular weight is 147 g/mol. The van der Waals surface area contributed by atoms with Crippen molar-refractivity contribution in [1.82, 2.24) is 4.98 Å². The molecule has 0 atom stereocenters. The molecule has 0 N–H and O–H groups in total. The summed E-state index contributed by atoms with van der Waals surface area (Å²) >= 11 is 0. The van der Waals surface area contributed by atoms with Gasteiger partial charge in [0.2, 0.25) is 0 Å². The highest BCUT2D eigenvalue weighted by molar-refractivity contribution is 6.01. The SMILES string of the molecule is C=NC(=NC)c1ccncc1. The number of rotatable bonds is 1. The topological polar surface area (TPSA) is 37.6 Å². The number of hydrogen-bond donors (Lipinski definition) is 0. The van der Waals surface area contributed by atoms with Crippen LogP contribution in [0.1, 0.15) is 5.56 Å². The van der Waals surface area contributed by atoms with E-state index in [2.05, 4.69) is 21.7 Å². The zero-order valence-corrected chi connectivity index (χ0v) is 6.36. The summed E-state index contributed by atoms with van der Waals surface area (Å²) in [5.74, 6) is 0.646. The summed E-state index contributed by atoms with van der Waals surface area (Å²) < 4.78 is 0. The second kappa shape index (κ2) is 3.61. The van der Waals surface area contributed by atoms with Gasteiger partial charge in [0, 0.05) is 25.0 Å². The summed E-state index contributed by atoms with van der Waals surface area (Å²) in [5, 5.41) is 0. The summed E-state index contributed by atoms with van der Waals surface area (Å²) in [6.45, 7) is 3.41. The Morgan fingerprint density at radius 2 is 2.09 bits per heavy atom. The summed E-state index contributed by atoms with van der Waals surface area (Å²) in [6, 6.07) is 3.69. The van der Waals surface area contributed by atoms with Crippen LogP contribution in [0.3, 0.4) is 0 Å². The Bertz CT molecular complexity index is 264. The molecule has 0 radical (unpaired) electrons. The van der Waals surface area contributed by atoms with Crippen molar-refractivity contribution in [2.45, 2.75) is 0 Å². The average Bonchev–Trinajstić information content (AvgIpc) is 2.09. The van der Waals surface area contributed by atoms with Crippen LogP contribution in [-0.2, 0) is 0 Å². The first-order valence-electron chi connectivity index (χ1n) is 3.22. The molecule has 0 fully saturated rings. The monoisotopic (exact) mass is 147 g/mol. The van der Waals surface area contributed by atoms with Gasteiger partial charge in [0.25, 0.3) is 0 Å². The second-order valence-corrected chi connectivity index (χ2v) is 1.94. The number of aliphatic imine (C=N–C) groups is 2. The van der Waals surface area contributed by atoms with Crippen molar-refractivity contribution in [3.8, 4) is 0 Å². The summed E-state index contributed by atoms with van der Waals surface area (Å²) in [7, 11) is 1.68. The zero-order valence-electron chi connectivity index (χ0n) is 6.36. The van der Waals surface area contributed by atoms with Gasteiger partial charge in [-0.1, -0.05) is 0 Å². The molecule has 0 aliphatic heterocycles. The molecular formula is C8H9N3. The van der Waals surface area contributed by atoms with Gasteiger partial charge in [0.05, 0.1) is 0 Å². The lowest BCUT2D eigenvalue weighted by molar-refractivity contribution is 1.30. The largest absolute Gasteiger partial charge is 0.270 e. The molecule has 1 heterocycles. The molecule has 3 nitrogen and oxygen atoms in total. The molecular weight excluding hydrogens is 138 g/mol. The van der Waals surface area contributed by atoms with E-state index in [9.17, 15) is 0 Å². The van der Waals surface area contributed by atoms with Gasteiger partial charge in [0.15, 0.2) is 5.84 Å². The number of nitrogens with zero attached hydrogens (tertiary/aromatic N) is 3. The zero-order chi connectivity index (χ0) is 8.10. The molecule has 0 saturated heterocycles. The number of aromatic nitrogens is 1. The molecule has 1 rings (SSSR count). The first-order chi connectivity index (χ1) is 5.38. The fraction of sp³-hybridized carbons (Fsp3) is 0.125. The highest BCUT2D eigenvalue weighted by Gasteiger charge is 1.95. The first-order valence-corrected chi connectivity index (χ1v) is 3.22. The van der Waals surface area contributed by atoms with E-state index in [1.807, 2.05) is 12.1 Å². The van der Waals surface area contributed by atoms with Crippen LogP contribution in [0, 0.1) is 0 Å². The van der Waals surface area contributed by atoms with Crippen LogP contribution in [0.5, 0.6) is 0 Å². The maximum absolute atomic E-state index is 3.94. The molecule has 0 bridgehead atoms. The van der Waals surface area contributed by atoms with Gasteiger partial charge in [-0.05, 0) is 18.9 Å². The minimum atomic E-state index is 0.646. The smallest absolute Gasteiger partial charge is 0.153 e. The van der Waals surface area contributed by atoms with Crippen LogP contribution in [0.25, 0.3) is 0 Å². The Morgan fingerprint density at radius 3 is 2.55 bits per heavy atom. The lowest BCUT2D eigenvalue weighted by Gasteiger charge is -1.95. The molecule has 0 spiro atoms. The van der Waals surface area contributed by atoms with Gasteiger partial charge in [-0.3, -0.25) is 9.98 Å². The Morgan fingerprint density at radius 1 is 1.45 bits per heavy atom. The molecule has 3 heteroatoms. The quantitative estimate of drug-likeness (QED) is 0.434. The molecule has 0 amide bonds. The Hall–Kier alpha value is -1.51. The third kappa shape index (κ3) is 1.70. The fourth-order valence-electron chi connectivity index (χ4n) is 0.792. The summed E-state index contributed by atoms with van der Waals surface area (Å²) in [6.07, 6.45) is 3.40. The van der Waals surface area contributed by atoms with Crippen molar-refractivity contribution in [3.05, 3.63) is 30.1 Å². The van der Waals surface area contributed by atoms with Crippen molar-refractivity contribution in [3.63, 3.8) is 0 Å². The Labute approximate surface area is 65.5 Å². The van der Waals surface area contributed by atoms with Gasteiger partial charge < -0.3 is 0 Å². The maximum Gasteiger partial charge on any atom is 0.153 e. The van der Waals surface area contributed by atoms with Gasteiger partial charge in [-0.15, -0.1) is 0 Å². The van der Waals surface area contributed by atoms with E-state index in [-0.39, 0.29) is 0 Å². The third-order valence-electron chi connectivity index (χ3n) is 1.30. The molecule has 0 unspecified atom stereocenters. The molecule has 1 aromatic rings. The van der Waals surface area contributed by atoms with Crippen molar-refractivity contribution >= 4 is 12.6 Å². The Kier molecular flexibility index (Phi) is 2.49. The van der Waals surface area contributed by atoms with Gasteiger partial charge in [-0.2, -0.15) is 0 Å². The van der Waals surface area contributed by atoms with Crippen LogP contribution in [-0.4, -0.2) is 24.6 Å². The standard InChI is InChI=1S/C8H9N3/c1-9-8(10-2)7-3-5-11-6-4-7/h3-6H,1H2,2H3. The predicted octanol–water partition coefficient (Wildman–Crippen LogP) is 1.16. The van der Waals surface area contributed by atoms with Crippen LogP contribution in [0.4, 0.5) is 0 Å². The molecule has 56 valence electrons. The van der Waals surface area contributed by atoms with E-state index in [4.69, 9.17) is 0 Å². The van der Waals surface area contributed by atoms with E-state index in [0.717, 1.165) is 5.56 Å². The number of pyridine rings is 1. The number of amidine groups is 1. The lowest BCUT2D eigenvalue weighted by Crippen LogP contribution is -1.95. The van der Waals surface area contributed by atoms with Crippen LogP contribution < -0.4 is 0 Å². The van der Waals surface area contributed by atoms with Gasteiger partial charge in [0.1, 0.15) is 0 Å². The van der Waals surface area contributed by atoms with E-state index in [1.165, 1.54) is 0 Å². The fourth-order valence-corrected chi connectivity index (χ4v) is 0.792. The maximum atomic E-state index is 3.94. The molecule has 0 saturated carbocycles. The molecule has 0 aliphatic carbocycles. The minimum absolute atomic E-state index is 0.646. The van der Waals surface area contributed by atoms with E-state index < -0.39 is 0 Å². The second-order valence-electron chi connectivity index (χ2n) is 1.94. The van der Waals surface area contributed by atoms with Crippen molar-refractivity contribution in [1.29, 1.82) is 0 Å².